The van der Waals surface area contributed by atoms with Crippen LogP contribution < -0.4 is 5.32 Å². The van der Waals surface area contributed by atoms with Crippen molar-refractivity contribution in [2.24, 2.45) is 0 Å². The number of hydrogen-bond donors (Lipinski definition) is 1. The SMILES string of the molecule is O=C1CCc2cc(C(=O)COC(=O)c3csc(-c4ccccc4)n3)ccc2N1. The van der Waals surface area contributed by atoms with Crippen molar-refractivity contribution in [1.29, 1.82) is 0 Å². The minimum absolute atomic E-state index is 0.0290. The zero-order chi connectivity index (χ0) is 19.5. The molecule has 1 aliphatic rings. The third-order valence-corrected chi connectivity index (χ3v) is 5.28. The van der Waals surface area contributed by atoms with Crippen LogP contribution in [0, 0.1) is 0 Å². The molecule has 1 aromatic heterocycles. The van der Waals surface area contributed by atoms with Gasteiger partial charge in [-0.25, -0.2) is 9.78 Å². The Morgan fingerprint density at radius 3 is 2.75 bits per heavy atom. The molecule has 2 aromatic carbocycles. The monoisotopic (exact) mass is 392 g/mol. The molecule has 1 amide bonds. The Labute approximate surface area is 165 Å². The van der Waals surface area contributed by atoms with Crippen molar-refractivity contribution < 1.29 is 19.1 Å². The average Bonchev–Trinajstić information content (AvgIpc) is 3.22. The number of carbonyl (C=O) groups is 3. The van der Waals surface area contributed by atoms with Crippen LogP contribution >= 0.6 is 11.3 Å². The third kappa shape index (κ3) is 3.84. The molecule has 0 unspecified atom stereocenters. The number of fused-ring (bicyclic) bond motifs is 1. The van der Waals surface area contributed by atoms with Crippen LogP contribution in [0.25, 0.3) is 10.6 Å². The van der Waals surface area contributed by atoms with Crippen LogP contribution in [0.3, 0.4) is 0 Å². The summed E-state index contributed by atoms with van der Waals surface area (Å²) >= 11 is 1.35. The minimum atomic E-state index is -0.628. The van der Waals surface area contributed by atoms with Crippen molar-refractivity contribution >= 4 is 34.7 Å². The van der Waals surface area contributed by atoms with Gasteiger partial charge >= 0.3 is 5.97 Å². The maximum Gasteiger partial charge on any atom is 0.358 e. The molecule has 0 fully saturated rings. The standard InChI is InChI=1S/C21H16N2O4S/c24-18(15-6-8-16-14(10-15)7-9-19(25)22-16)11-27-21(26)17-12-28-20(23-17)13-4-2-1-3-5-13/h1-6,8,10,12H,7,9,11H2,(H,22,25). The maximum atomic E-state index is 12.4. The number of rotatable bonds is 5. The topological polar surface area (TPSA) is 85.4 Å². The van der Waals surface area contributed by atoms with Gasteiger partial charge in [0.15, 0.2) is 18.1 Å². The Kier molecular flexibility index (Phi) is 4.99. The van der Waals surface area contributed by atoms with E-state index >= 15 is 0 Å². The van der Waals surface area contributed by atoms with Crippen LogP contribution in [0.4, 0.5) is 5.69 Å². The summed E-state index contributed by atoms with van der Waals surface area (Å²) in [5.41, 5.74) is 3.18. The number of ketones is 1. The highest BCUT2D eigenvalue weighted by atomic mass is 32.1. The zero-order valence-corrected chi connectivity index (χ0v) is 15.6. The Balaban J connectivity index is 1.39. The first-order chi connectivity index (χ1) is 13.6. The summed E-state index contributed by atoms with van der Waals surface area (Å²) in [7, 11) is 0. The highest BCUT2D eigenvalue weighted by Crippen LogP contribution is 2.25. The number of carbonyl (C=O) groups excluding carboxylic acids is 3. The lowest BCUT2D eigenvalue weighted by atomic mass is 9.99. The van der Waals surface area contributed by atoms with Gasteiger partial charge in [0.25, 0.3) is 0 Å². The number of anilines is 1. The first-order valence-corrected chi connectivity index (χ1v) is 9.62. The molecule has 0 radical (unpaired) electrons. The van der Waals surface area contributed by atoms with Crippen LogP contribution in [0.1, 0.15) is 32.8 Å². The van der Waals surface area contributed by atoms with E-state index in [4.69, 9.17) is 4.74 Å². The second-order valence-corrected chi connectivity index (χ2v) is 7.18. The van der Waals surface area contributed by atoms with Crippen molar-refractivity contribution in [2.75, 3.05) is 11.9 Å². The van der Waals surface area contributed by atoms with Crippen molar-refractivity contribution in [2.45, 2.75) is 12.8 Å². The number of hydrogen-bond acceptors (Lipinski definition) is 6. The van der Waals surface area contributed by atoms with E-state index in [2.05, 4.69) is 10.3 Å². The fourth-order valence-corrected chi connectivity index (χ4v) is 3.72. The smallest absolute Gasteiger partial charge is 0.358 e. The summed E-state index contributed by atoms with van der Waals surface area (Å²) in [6, 6.07) is 14.6. The normalized spacial score (nSPS) is 12.8. The summed E-state index contributed by atoms with van der Waals surface area (Å²) in [4.78, 5) is 40.3. The first-order valence-electron chi connectivity index (χ1n) is 8.74. The maximum absolute atomic E-state index is 12.4. The molecule has 0 aliphatic carbocycles. The number of aromatic nitrogens is 1. The van der Waals surface area contributed by atoms with E-state index in [9.17, 15) is 14.4 Å². The van der Waals surface area contributed by atoms with E-state index in [-0.39, 0.29) is 24.0 Å². The average molecular weight is 392 g/mol. The van der Waals surface area contributed by atoms with Gasteiger partial charge < -0.3 is 10.1 Å². The largest absolute Gasteiger partial charge is 0.453 e. The second kappa shape index (κ2) is 7.74. The number of nitrogens with zero attached hydrogens (tertiary/aromatic N) is 1. The first kappa shape index (κ1) is 18.1. The molecule has 1 N–H and O–H groups in total. The van der Waals surface area contributed by atoms with E-state index in [0.717, 1.165) is 21.8 Å². The Morgan fingerprint density at radius 1 is 1.11 bits per heavy atom. The van der Waals surface area contributed by atoms with Crippen LogP contribution in [0.15, 0.2) is 53.9 Å². The quantitative estimate of drug-likeness (QED) is 0.528. The lowest BCUT2D eigenvalue weighted by molar-refractivity contribution is -0.116. The van der Waals surface area contributed by atoms with Crippen molar-refractivity contribution in [3.63, 3.8) is 0 Å². The Bertz CT molecular complexity index is 1060. The molecule has 0 bridgehead atoms. The minimum Gasteiger partial charge on any atom is -0.453 e. The molecule has 140 valence electrons. The summed E-state index contributed by atoms with van der Waals surface area (Å²) < 4.78 is 5.14. The van der Waals surface area contributed by atoms with Gasteiger partial charge in [-0.1, -0.05) is 30.3 Å². The summed E-state index contributed by atoms with van der Waals surface area (Å²) in [5.74, 6) is -0.956. The van der Waals surface area contributed by atoms with E-state index in [0.29, 0.717) is 18.4 Å². The summed E-state index contributed by atoms with van der Waals surface area (Å²) in [5, 5.41) is 5.11. The molecule has 6 nitrogen and oxygen atoms in total. The molecule has 7 heteroatoms. The molecule has 0 saturated carbocycles. The number of ether oxygens (including phenoxy) is 1. The van der Waals surface area contributed by atoms with Gasteiger partial charge in [-0.05, 0) is 30.2 Å². The number of amides is 1. The molecule has 0 spiro atoms. The molecule has 2 heterocycles. The number of esters is 1. The van der Waals surface area contributed by atoms with Crippen LogP contribution in [-0.2, 0) is 16.0 Å². The van der Waals surface area contributed by atoms with E-state index in [1.54, 1.807) is 23.6 Å². The second-order valence-electron chi connectivity index (χ2n) is 6.32. The van der Waals surface area contributed by atoms with Gasteiger partial charge in [-0.15, -0.1) is 11.3 Å². The Hall–Kier alpha value is -3.32. The highest BCUT2D eigenvalue weighted by Gasteiger charge is 2.19. The van der Waals surface area contributed by atoms with Gasteiger partial charge in [-0.2, -0.15) is 0 Å². The fourth-order valence-electron chi connectivity index (χ4n) is 2.93. The third-order valence-electron chi connectivity index (χ3n) is 4.39. The predicted octanol–water partition coefficient (Wildman–Crippen LogP) is 3.73. The number of thiazole rings is 1. The van der Waals surface area contributed by atoms with Crippen molar-refractivity contribution in [3.8, 4) is 10.6 Å². The number of Topliss-reactive ketones (excluding diaryl/α,β-unsaturated/α-hetero) is 1. The summed E-state index contributed by atoms with van der Waals surface area (Å²) in [6.45, 7) is -0.359. The number of aryl methyl sites for hydroxylation is 1. The lowest BCUT2D eigenvalue weighted by Crippen LogP contribution is -2.20. The van der Waals surface area contributed by atoms with Gasteiger partial charge in [0, 0.05) is 28.6 Å². The van der Waals surface area contributed by atoms with Crippen LogP contribution in [-0.4, -0.2) is 29.3 Å². The molecular weight excluding hydrogens is 376 g/mol. The molecule has 0 atom stereocenters. The number of benzene rings is 2. The number of nitrogens with one attached hydrogen (secondary N) is 1. The van der Waals surface area contributed by atoms with E-state index in [1.807, 2.05) is 30.3 Å². The molecule has 0 saturated heterocycles. The van der Waals surface area contributed by atoms with Crippen LogP contribution in [0.2, 0.25) is 0 Å². The zero-order valence-electron chi connectivity index (χ0n) is 14.8. The van der Waals surface area contributed by atoms with Gasteiger partial charge in [0.2, 0.25) is 5.91 Å². The predicted molar refractivity (Wildman–Crippen MR) is 106 cm³/mol. The fraction of sp³-hybridized carbons (Fsp3) is 0.143. The lowest BCUT2D eigenvalue weighted by Gasteiger charge is -2.17. The van der Waals surface area contributed by atoms with Crippen LogP contribution in [0.5, 0.6) is 0 Å². The Morgan fingerprint density at radius 2 is 1.93 bits per heavy atom. The molecule has 3 aromatic rings. The van der Waals surface area contributed by atoms with E-state index in [1.165, 1.54) is 11.3 Å². The van der Waals surface area contributed by atoms with E-state index < -0.39 is 5.97 Å². The van der Waals surface area contributed by atoms with Gasteiger partial charge in [-0.3, -0.25) is 9.59 Å². The van der Waals surface area contributed by atoms with Gasteiger partial charge in [0.1, 0.15) is 5.01 Å². The molecule has 28 heavy (non-hydrogen) atoms. The summed E-state index contributed by atoms with van der Waals surface area (Å²) in [6.07, 6.45) is 0.983. The molecular formula is C21H16N2O4S. The van der Waals surface area contributed by atoms with Gasteiger partial charge in [0.05, 0.1) is 0 Å². The molecule has 1 aliphatic heterocycles. The highest BCUT2D eigenvalue weighted by molar-refractivity contribution is 7.13. The molecule has 4 rings (SSSR count). The van der Waals surface area contributed by atoms with Crippen molar-refractivity contribution in [1.82, 2.24) is 4.98 Å². The van der Waals surface area contributed by atoms with Crippen molar-refractivity contribution in [3.05, 3.63) is 70.7 Å².